The first-order valence-electron chi connectivity index (χ1n) is 10.2. The molecular formula is C21H27N5O3. The molecule has 2 saturated heterocycles. The van der Waals surface area contributed by atoms with Gasteiger partial charge in [0, 0.05) is 38.4 Å². The lowest BCUT2D eigenvalue weighted by Gasteiger charge is -2.41. The highest BCUT2D eigenvalue weighted by Gasteiger charge is 2.52. The summed E-state index contributed by atoms with van der Waals surface area (Å²) >= 11 is 0. The van der Waals surface area contributed by atoms with E-state index in [-0.39, 0.29) is 11.3 Å². The Bertz CT molecular complexity index is 852. The van der Waals surface area contributed by atoms with Crippen molar-refractivity contribution >= 4 is 17.5 Å². The van der Waals surface area contributed by atoms with Gasteiger partial charge >= 0.3 is 0 Å². The lowest BCUT2D eigenvalue weighted by atomic mass is 9.81. The predicted octanol–water partition coefficient (Wildman–Crippen LogP) is 0.779. The molecule has 3 fully saturated rings. The molecule has 3 N–H and O–H groups in total. The standard InChI is InChI=1S/C21H27N5O3/c1-14-10-15(12-22)2-3-17(14)25-6-8-26(9-7-25)20(28)18-16(19(27)24-29)11-21(4-5-21)13-23-18/h2-3,10,16,18,23,29H,4-9,11,13H2,1H3,(H,24,27). The molecular weight excluding hydrogens is 370 g/mol. The Labute approximate surface area is 170 Å². The predicted molar refractivity (Wildman–Crippen MR) is 106 cm³/mol. The van der Waals surface area contributed by atoms with E-state index >= 15 is 0 Å². The molecule has 2 unspecified atom stereocenters. The topological polar surface area (TPSA) is 109 Å². The highest BCUT2D eigenvalue weighted by atomic mass is 16.5. The zero-order valence-corrected chi connectivity index (χ0v) is 16.6. The number of amides is 2. The highest BCUT2D eigenvalue weighted by Crippen LogP contribution is 2.52. The second-order valence-corrected chi connectivity index (χ2v) is 8.57. The summed E-state index contributed by atoms with van der Waals surface area (Å²) in [7, 11) is 0. The second kappa shape index (κ2) is 7.65. The summed E-state index contributed by atoms with van der Waals surface area (Å²) < 4.78 is 0. The number of nitriles is 1. The zero-order chi connectivity index (χ0) is 20.6. The van der Waals surface area contributed by atoms with Crippen LogP contribution in [-0.2, 0) is 9.59 Å². The summed E-state index contributed by atoms with van der Waals surface area (Å²) in [5.41, 5.74) is 4.65. The van der Waals surface area contributed by atoms with E-state index in [1.54, 1.807) is 5.48 Å². The normalized spacial score (nSPS) is 25.4. The molecule has 2 heterocycles. The van der Waals surface area contributed by atoms with E-state index in [0.29, 0.717) is 38.2 Å². The van der Waals surface area contributed by atoms with E-state index in [2.05, 4.69) is 16.3 Å². The first-order chi connectivity index (χ1) is 14.0. The summed E-state index contributed by atoms with van der Waals surface area (Å²) in [4.78, 5) is 29.4. The number of carbonyl (C=O) groups is 2. The molecule has 1 aliphatic carbocycles. The molecule has 1 aromatic carbocycles. The Morgan fingerprint density at radius 2 is 2.00 bits per heavy atom. The Balaban J connectivity index is 1.41. The van der Waals surface area contributed by atoms with Gasteiger partial charge in [-0.25, -0.2) is 5.48 Å². The summed E-state index contributed by atoms with van der Waals surface area (Å²) in [6, 6.07) is 7.23. The number of hydrogen-bond donors (Lipinski definition) is 3. The average molecular weight is 397 g/mol. The van der Waals surface area contributed by atoms with E-state index in [1.807, 2.05) is 30.0 Å². The largest absolute Gasteiger partial charge is 0.368 e. The van der Waals surface area contributed by atoms with Crippen LogP contribution in [0.4, 0.5) is 5.69 Å². The van der Waals surface area contributed by atoms with Crippen molar-refractivity contribution in [2.24, 2.45) is 11.3 Å². The van der Waals surface area contributed by atoms with Gasteiger partial charge < -0.3 is 15.1 Å². The van der Waals surface area contributed by atoms with Crippen molar-refractivity contribution < 1.29 is 14.8 Å². The van der Waals surface area contributed by atoms with Crippen molar-refractivity contribution in [3.8, 4) is 6.07 Å². The zero-order valence-electron chi connectivity index (χ0n) is 16.6. The molecule has 2 atom stereocenters. The summed E-state index contributed by atoms with van der Waals surface area (Å²) in [6.07, 6.45) is 2.78. The van der Waals surface area contributed by atoms with Crippen LogP contribution in [0.1, 0.15) is 30.4 Å². The number of hydroxylamine groups is 1. The fourth-order valence-corrected chi connectivity index (χ4v) is 4.71. The van der Waals surface area contributed by atoms with Crippen molar-refractivity contribution in [3.63, 3.8) is 0 Å². The molecule has 0 radical (unpaired) electrons. The van der Waals surface area contributed by atoms with Crippen LogP contribution < -0.4 is 15.7 Å². The molecule has 2 aliphatic heterocycles. The van der Waals surface area contributed by atoms with Crippen LogP contribution in [-0.4, -0.2) is 60.7 Å². The van der Waals surface area contributed by atoms with E-state index < -0.39 is 17.9 Å². The number of benzene rings is 1. The molecule has 8 heteroatoms. The smallest absolute Gasteiger partial charge is 0.248 e. The summed E-state index contributed by atoms with van der Waals surface area (Å²) in [5, 5.41) is 21.5. The third-order valence-electron chi connectivity index (χ3n) is 6.68. The second-order valence-electron chi connectivity index (χ2n) is 8.57. The minimum atomic E-state index is -0.587. The van der Waals surface area contributed by atoms with Crippen LogP contribution >= 0.6 is 0 Å². The molecule has 4 rings (SSSR count). The Morgan fingerprint density at radius 1 is 1.28 bits per heavy atom. The van der Waals surface area contributed by atoms with Gasteiger partial charge in [-0.1, -0.05) is 0 Å². The van der Waals surface area contributed by atoms with E-state index in [1.165, 1.54) is 0 Å². The Hall–Kier alpha value is -2.63. The molecule has 1 saturated carbocycles. The van der Waals surface area contributed by atoms with Gasteiger partial charge in [0.2, 0.25) is 11.8 Å². The molecule has 29 heavy (non-hydrogen) atoms. The Kier molecular flexibility index (Phi) is 5.19. The molecule has 1 aromatic rings. The van der Waals surface area contributed by atoms with Crippen LogP contribution in [0.15, 0.2) is 18.2 Å². The van der Waals surface area contributed by atoms with Gasteiger partial charge in [0.05, 0.1) is 23.6 Å². The number of anilines is 1. The maximum atomic E-state index is 13.2. The van der Waals surface area contributed by atoms with Crippen molar-refractivity contribution in [2.75, 3.05) is 37.6 Å². The van der Waals surface area contributed by atoms with Gasteiger partial charge in [-0.2, -0.15) is 5.26 Å². The number of nitrogens with zero attached hydrogens (tertiary/aromatic N) is 3. The number of aryl methyl sites for hydroxylation is 1. The van der Waals surface area contributed by atoms with Gasteiger partial charge in [0.15, 0.2) is 0 Å². The van der Waals surface area contributed by atoms with Crippen LogP contribution in [0.5, 0.6) is 0 Å². The molecule has 8 nitrogen and oxygen atoms in total. The van der Waals surface area contributed by atoms with E-state index in [4.69, 9.17) is 10.5 Å². The van der Waals surface area contributed by atoms with Crippen LogP contribution in [0.25, 0.3) is 0 Å². The number of carbonyl (C=O) groups excluding carboxylic acids is 2. The van der Waals surface area contributed by atoms with Gasteiger partial charge in [-0.15, -0.1) is 0 Å². The lowest BCUT2D eigenvalue weighted by molar-refractivity contribution is -0.145. The molecule has 0 aromatic heterocycles. The third-order valence-corrected chi connectivity index (χ3v) is 6.68. The van der Waals surface area contributed by atoms with Crippen LogP contribution in [0.3, 0.4) is 0 Å². The molecule has 2 amide bonds. The maximum absolute atomic E-state index is 13.2. The maximum Gasteiger partial charge on any atom is 0.248 e. The fourth-order valence-electron chi connectivity index (χ4n) is 4.71. The van der Waals surface area contributed by atoms with Crippen molar-refractivity contribution in [2.45, 2.75) is 32.2 Å². The molecule has 3 aliphatic rings. The highest BCUT2D eigenvalue weighted by molar-refractivity contribution is 5.90. The monoisotopic (exact) mass is 397 g/mol. The van der Waals surface area contributed by atoms with E-state index in [9.17, 15) is 9.59 Å². The first kappa shape index (κ1) is 19.7. The molecule has 1 spiro atoms. The van der Waals surface area contributed by atoms with Gasteiger partial charge in [-0.05, 0) is 55.4 Å². The quantitative estimate of drug-likeness (QED) is 0.514. The number of nitrogens with one attached hydrogen (secondary N) is 2. The van der Waals surface area contributed by atoms with E-state index in [0.717, 1.165) is 30.6 Å². The number of rotatable bonds is 3. The summed E-state index contributed by atoms with van der Waals surface area (Å²) in [5.74, 6) is -1.08. The third kappa shape index (κ3) is 3.80. The number of piperidine rings is 1. The van der Waals surface area contributed by atoms with Gasteiger partial charge in [0.1, 0.15) is 0 Å². The van der Waals surface area contributed by atoms with Crippen molar-refractivity contribution in [1.82, 2.24) is 15.7 Å². The van der Waals surface area contributed by atoms with Crippen LogP contribution in [0, 0.1) is 29.6 Å². The van der Waals surface area contributed by atoms with Crippen molar-refractivity contribution in [3.05, 3.63) is 29.3 Å². The molecule has 154 valence electrons. The lowest BCUT2D eigenvalue weighted by Crippen LogP contribution is -2.61. The molecule has 0 bridgehead atoms. The number of piperazine rings is 1. The van der Waals surface area contributed by atoms with Gasteiger partial charge in [-0.3, -0.25) is 14.8 Å². The van der Waals surface area contributed by atoms with Gasteiger partial charge in [0.25, 0.3) is 0 Å². The van der Waals surface area contributed by atoms with Crippen molar-refractivity contribution in [1.29, 1.82) is 5.26 Å². The minimum absolute atomic E-state index is 0.0645. The minimum Gasteiger partial charge on any atom is -0.368 e. The average Bonchev–Trinajstić information content (AvgIpc) is 3.51. The van der Waals surface area contributed by atoms with Crippen LogP contribution in [0.2, 0.25) is 0 Å². The fraction of sp³-hybridized carbons (Fsp3) is 0.571. The first-order valence-corrected chi connectivity index (χ1v) is 10.2. The SMILES string of the molecule is Cc1cc(C#N)ccc1N1CCN(C(=O)C2NCC3(CC3)CC2C(=O)NO)CC1. The Morgan fingerprint density at radius 3 is 2.59 bits per heavy atom. The summed E-state index contributed by atoms with van der Waals surface area (Å²) in [6.45, 7) is 5.30. The number of hydrogen-bond acceptors (Lipinski definition) is 6.